The quantitative estimate of drug-likeness (QED) is 0.472. The number of urea groups is 1. The van der Waals surface area contributed by atoms with Crippen LogP contribution in [0.3, 0.4) is 0 Å². The van der Waals surface area contributed by atoms with Gasteiger partial charge in [0.15, 0.2) is 0 Å². The van der Waals surface area contributed by atoms with Crippen LogP contribution in [0.2, 0.25) is 0 Å². The second-order valence-corrected chi connectivity index (χ2v) is 8.62. The van der Waals surface area contributed by atoms with Crippen LogP contribution < -0.4 is 5.32 Å². The van der Waals surface area contributed by atoms with Crippen LogP contribution >= 0.6 is 27.7 Å². The Morgan fingerprint density at radius 3 is 2.66 bits per heavy atom. The highest BCUT2D eigenvalue weighted by molar-refractivity contribution is 9.10. The van der Waals surface area contributed by atoms with E-state index >= 15 is 0 Å². The van der Waals surface area contributed by atoms with Crippen LogP contribution in [-0.2, 0) is 0 Å². The molecule has 0 radical (unpaired) electrons. The number of likely N-dealkylation sites (tertiary alicyclic amines) is 1. The van der Waals surface area contributed by atoms with E-state index < -0.39 is 0 Å². The zero-order valence-electron chi connectivity index (χ0n) is 16.0. The second kappa shape index (κ2) is 9.00. The smallest absolute Gasteiger partial charge is 0.322 e. The average molecular weight is 473 g/mol. The number of nitrogens with zero attached hydrogens (tertiary/aromatic N) is 3. The van der Waals surface area contributed by atoms with Crippen molar-refractivity contribution in [3.63, 3.8) is 0 Å². The molecule has 0 spiro atoms. The number of anilines is 1. The lowest BCUT2D eigenvalue weighted by atomic mass is 10.0. The molecule has 1 aliphatic heterocycles. The molecule has 1 aliphatic rings. The molecule has 8 heteroatoms. The zero-order chi connectivity index (χ0) is 20.2. The SMILES string of the molecule is CSc1ccc(NC(=O)N2CCCCC2c2nc(-c3ccc(Br)cc3)no2)cc1. The summed E-state index contributed by atoms with van der Waals surface area (Å²) < 4.78 is 6.54. The molecule has 0 saturated carbocycles. The molecule has 150 valence electrons. The van der Waals surface area contributed by atoms with E-state index in [9.17, 15) is 4.79 Å². The summed E-state index contributed by atoms with van der Waals surface area (Å²) in [6.07, 6.45) is 4.82. The lowest BCUT2D eigenvalue weighted by Crippen LogP contribution is -2.41. The van der Waals surface area contributed by atoms with E-state index in [1.54, 1.807) is 16.7 Å². The maximum absolute atomic E-state index is 12.9. The van der Waals surface area contributed by atoms with Crippen molar-refractivity contribution in [3.05, 3.63) is 58.9 Å². The summed E-state index contributed by atoms with van der Waals surface area (Å²) in [6, 6.07) is 15.2. The molecule has 1 fully saturated rings. The molecule has 6 nitrogen and oxygen atoms in total. The number of amides is 2. The number of carbonyl (C=O) groups excluding carboxylic acids is 1. The van der Waals surface area contributed by atoms with Gasteiger partial charge >= 0.3 is 6.03 Å². The number of rotatable bonds is 4. The Morgan fingerprint density at radius 2 is 1.93 bits per heavy atom. The first-order valence-corrected chi connectivity index (χ1v) is 11.5. The molecule has 2 aromatic carbocycles. The fraction of sp³-hybridized carbons (Fsp3) is 0.286. The number of carbonyl (C=O) groups is 1. The van der Waals surface area contributed by atoms with Gasteiger partial charge in [0.05, 0.1) is 0 Å². The molecule has 0 aliphatic carbocycles. The minimum atomic E-state index is -0.217. The third-order valence-corrected chi connectivity index (χ3v) is 6.21. The molecule has 2 amide bonds. The molecule has 1 N–H and O–H groups in total. The first-order valence-electron chi connectivity index (χ1n) is 9.45. The first kappa shape index (κ1) is 20.0. The second-order valence-electron chi connectivity index (χ2n) is 6.83. The largest absolute Gasteiger partial charge is 0.337 e. The minimum absolute atomic E-state index is 0.144. The monoisotopic (exact) mass is 472 g/mol. The van der Waals surface area contributed by atoms with Gasteiger partial charge in [-0.05, 0) is 74.0 Å². The van der Waals surface area contributed by atoms with Crippen LogP contribution in [0, 0.1) is 0 Å². The van der Waals surface area contributed by atoms with Crippen molar-refractivity contribution >= 4 is 39.4 Å². The number of benzene rings is 2. The average Bonchev–Trinajstić information content (AvgIpc) is 3.25. The topological polar surface area (TPSA) is 71.3 Å². The number of thioether (sulfide) groups is 1. The van der Waals surface area contributed by atoms with Gasteiger partial charge in [-0.2, -0.15) is 4.98 Å². The van der Waals surface area contributed by atoms with E-state index in [0.29, 0.717) is 18.3 Å². The predicted octanol–water partition coefficient (Wildman–Crippen LogP) is 5.98. The molecule has 1 unspecified atom stereocenters. The molecular formula is C21H21BrN4O2S. The Labute approximate surface area is 182 Å². The number of halogens is 1. The summed E-state index contributed by atoms with van der Waals surface area (Å²) in [5.41, 5.74) is 1.65. The van der Waals surface area contributed by atoms with Crippen LogP contribution in [0.15, 0.2) is 62.4 Å². The predicted molar refractivity (Wildman–Crippen MR) is 118 cm³/mol. The Kier molecular flexibility index (Phi) is 6.20. The Balaban J connectivity index is 1.51. The van der Waals surface area contributed by atoms with Gasteiger partial charge in [0.25, 0.3) is 0 Å². The van der Waals surface area contributed by atoms with Crippen LogP contribution in [0.1, 0.15) is 31.2 Å². The normalized spacial score (nSPS) is 16.6. The third-order valence-electron chi connectivity index (χ3n) is 4.93. The van der Waals surface area contributed by atoms with Crippen molar-refractivity contribution in [1.82, 2.24) is 15.0 Å². The number of hydrogen-bond donors (Lipinski definition) is 1. The van der Waals surface area contributed by atoms with Gasteiger partial charge in [0.1, 0.15) is 6.04 Å². The van der Waals surface area contributed by atoms with E-state index in [0.717, 1.165) is 39.9 Å². The van der Waals surface area contributed by atoms with Gasteiger partial charge in [0, 0.05) is 27.2 Å². The lowest BCUT2D eigenvalue weighted by molar-refractivity contribution is 0.142. The van der Waals surface area contributed by atoms with Crippen molar-refractivity contribution in [2.75, 3.05) is 18.1 Å². The fourth-order valence-electron chi connectivity index (χ4n) is 3.39. The standard InChI is InChI=1S/C21H21BrN4O2S/c1-29-17-11-9-16(10-12-17)23-21(27)26-13-3-2-4-18(26)20-24-19(25-28-20)14-5-7-15(22)8-6-14/h5-12,18H,2-4,13H2,1H3,(H,23,27). The summed E-state index contributed by atoms with van der Waals surface area (Å²) in [5, 5.41) is 7.12. The van der Waals surface area contributed by atoms with Gasteiger partial charge in [-0.3, -0.25) is 0 Å². The molecular weight excluding hydrogens is 452 g/mol. The highest BCUT2D eigenvalue weighted by atomic mass is 79.9. The van der Waals surface area contributed by atoms with E-state index in [1.807, 2.05) is 54.8 Å². The van der Waals surface area contributed by atoms with Crippen LogP contribution in [-0.4, -0.2) is 33.9 Å². The third kappa shape index (κ3) is 4.64. The van der Waals surface area contributed by atoms with Crippen molar-refractivity contribution in [1.29, 1.82) is 0 Å². The molecule has 3 aromatic rings. The number of aromatic nitrogens is 2. The lowest BCUT2D eigenvalue weighted by Gasteiger charge is -2.33. The molecule has 4 rings (SSSR count). The Hall–Kier alpha value is -2.32. The van der Waals surface area contributed by atoms with Crippen molar-refractivity contribution in [2.24, 2.45) is 0 Å². The molecule has 1 aromatic heterocycles. The van der Waals surface area contributed by atoms with Gasteiger partial charge in [-0.25, -0.2) is 4.79 Å². The summed E-state index contributed by atoms with van der Waals surface area (Å²) in [7, 11) is 0. The summed E-state index contributed by atoms with van der Waals surface area (Å²) in [5.74, 6) is 1.02. The van der Waals surface area contributed by atoms with Crippen LogP contribution in [0.25, 0.3) is 11.4 Å². The van der Waals surface area contributed by atoms with Gasteiger partial charge in [0.2, 0.25) is 11.7 Å². The summed E-state index contributed by atoms with van der Waals surface area (Å²) in [6.45, 7) is 0.662. The van der Waals surface area contributed by atoms with Crippen molar-refractivity contribution < 1.29 is 9.32 Å². The number of nitrogens with one attached hydrogen (secondary N) is 1. The van der Waals surface area contributed by atoms with Gasteiger partial charge < -0.3 is 14.7 Å². The molecule has 1 saturated heterocycles. The summed E-state index contributed by atoms with van der Waals surface area (Å²) in [4.78, 5) is 20.5. The van der Waals surface area contributed by atoms with Gasteiger partial charge in [-0.1, -0.05) is 21.1 Å². The van der Waals surface area contributed by atoms with Crippen LogP contribution in [0.4, 0.5) is 10.5 Å². The van der Waals surface area contributed by atoms with Crippen molar-refractivity contribution in [2.45, 2.75) is 30.2 Å². The number of piperidine rings is 1. The Morgan fingerprint density at radius 1 is 1.17 bits per heavy atom. The number of hydrogen-bond acceptors (Lipinski definition) is 5. The highest BCUT2D eigenvalue weighted by Crippen LogP contribution is 2.32. The fourth-order valence-corrected chi connectivity index (χ4v) is 4.06. The molecule has 1 atom stereocenters. The van der Waals surface area contributed by atoms with E-state index in [-0.39, 0.29) is 12.1 Å². The molecule has 2 heterocycles. The van der Waals surface area contributed by atoms with E-state index in [4.69, 9.17) is 4.52 Å². The van der Waals surface area contributed by atoms with E-state index in [2.05, 4.69) is 31.4 Å². The first-order chi connectivity index (χ1) is 14.1. The Bertz CT molecular complexity index is 975. The zero-order valence-corrected chi connectivity index (χ0v) is 18.4. The molecule has 29 heavy (non-hydrogen) atoms. The maximum atomic E-state index is 12.9. The maximum Gasteiger partial charge on any atom is 0.322 e. The minimum Gasteiger partial charge on any atom is -0.337 e. The highest BCUT2D eigenvalue weighted by Gasteiger charge is 2.32. The summed E-state index contributed by atoms with van der Waals surface area (Å²) >= 11 is 5.10. The van der Waals surface area contributed by atoms with Gasteiger partial charge in [-0.15, -0.1) is 11.8 Å². The van der Waals surface area contributed by atoms with Crippen molar-refractivity contribution in [3.8, 4) is 11.4 Å². The molecule has 0 bridgehead atoms. The van der Waals surface area contributed by atoms with Crippen LogP contribution in [0.5, 0.6) is 0 Å². The van der Waals surface area contributed by atoms with E-state index in [1.165, 1.54) is 0 Å².